The van der Waals surface area contributed by atoms with Gasteiger partial charge in [-0.2, -0.15) is 0 Å². The number of piperidine rings is 1. The van der Waals surface area contributed by atoms with Gasteiger partial charge in [-0.15, -0.1) is 12.4 Å². The lowest BCUT2D eigenvalue weighted by molar-refractivity contribution is 0.0609. The third-order valence-electron chi connectivity index (χ3n) is 6.27. The molecule has 0 aliphatic carbocycles. The summed E-state index contributed by atoms with van der Waals surface area (Å²) in [4.78, 5) is 24.8. The topological polar surface area (TPSA) is 76.6 Å². The van der Waals surface area contributed by atoms with Crippen LogP contribution in [0.1, 0.15) is 48.7 Å². The van der Waals surface area contributed by atoms with E-state index in [1.165, 1.54) is 6.42 Å². The molecule has 0 spiro atoms. The highest BCUT2D eigenvalue weighted by molar-refractivity contribution is 6.07. The van der Waals surface area contributed by atoms with Crippen molar-refractivity contribution in [2.24, 2.45) is 0 Å². The average Bonchev–Trinajstić information content (AvgIpc) is 2.83. The Morgan fingerprint density at radius 1 is 1.15 bits per heavy atom. The third kappa shape index (κ3) is 4.55. The molecule has 1 amide bonds. The van der Waals surface area contributed by atoms with Crippen LogP contribution in [0.5, 0.6) is 11.5 Å². The average molecular weight is 469 g/mol. The molecule has 174 valence electrons. The minimum absolute atomic E-state index is 0. The SMILES string of the molecule is CCC1CCCCN1C(=O)c1cnc2nc(C)ccc2c1Nc1ccc2c(c1)OCCO2.Cl. The Balaban J connectivity index is 0.00000259. The molecule has 3 aromatic rings. The largest absolute Gasteiger partial charge is 0.486 e. The maximum atomic E-state index is 13.7. The Morgan fingerprint density at radius 2 is 1.97 bits per heavy atom. The second-order valence-corrected chi connectivity index (χ2v) is 8.41. The smallest absolute Gasteiger partial charge is 0.257 e. The van der Waals surface area contributed by atoms with Gasteiger partial charge in [0, 0.05) is 41.6 Å². The number of rotatable bonds is 4. The van der Waals surface area contributed by atoms with Crippen molar-refractivity contribution in [3.8, 4) is 11.5 Å². The maximum Gasteiger partial charge on any atom is 0.257 e. The van der Waals surface area contributed by atoms with E-state index >= 15 is 0 Å². The minimum atomic E-state index is 0. The molecule has 0 saturated carbocycles. The van der Waals surface area contributed by atoms with Crippen molar-refractivity contribution in [3.63, 3.8) is 0 Å². The van der Waals surface area contributed by atoms with Gasteiger partial charge in [-0.1, -0.05) is 6.92 Å². The fourth-order valence-corrected chi connectivity index (χ4v) is 4.58. The van der Waals surface area contributed by atoms with Crippen LogP contribution in [-0.2, 0) is 0 Å². The summed E-state index contributed by atoms with van der Waals surface area (Å²) in [5.74, 6) is 1.45. The molecule has 0 radical (unpaired) electrons. The van der Waals surface area contributed by atoms with E-state index in [0.29, 0.717) is 30.2 Å². The van der Waals surface area contributed by atoms with Crippen molar-refractivity contribution in [1.82, 2.24) is 14.9 Å². The molecule has 1 fully saturated rings. The Bertz CT molecular complexity index is 1170. The van der Waals surface area contributed by atoms with E-state index < -0.39 is 0 Å². The lowest BCUT2D eigenvalue weighted by Gasteiger charge is -2.35. The molecule has 1 saturated heterocycles. The Hall–Kier alpha value is -3.06. The van der Waals surface area contributed by atoms with Gasteiger partial charge in [0.05, 0.1) is 11.3 Å². The Labute approximate surface area is 199 Å². The number of nitrogens with one attached hydrogen (secondary N) is 1. The third-order valence-corrected chi connectivity index (χ3v) is 6.27. The minimum Gasteiger partial charge on any atom is -0.486 e. The highest BCUT2D eigenvalue weighted by atomic mass is 35.5. The summed E-state index contributed by atoms with van der Waals surface area (Å²) in [6.07, 6.45) is 5.88. The number of likely N-dealkylation sites (tertiary alicyclic amines) is 1. The number of ether oxygens (including phenoxy) is 2. The molecule has 1 aromatic carbocycles. The number of hydrogen-bond acceptors (Lipinski definition) is 6. The number of amides is 1. The molecule has 1 N–H and O–H groups in total. The second kappa shape index (κ2) is 9.83. The van der Waals surface area contributed by atoms with E-state index in [-0.39, 0.29) is 24.4 Å². The zero-order valence-electron chi connectivity index (χ0n) is 19.0. The molecule has 1 atom stereocenters. The summed E-state index contributed by atoms with van der Waals surface area (Å²) in [5.41, 5.74) is 3.62. The van der Waals surface area contributed by atoms with Gasteiger partial charge in [-0.05, 0) is 56.9 Å². The van der Waals surface area contributed by atoms with Crippen LogP contribution in [-0.4, -0.2) is 46.6 Å². The molecule has 8 heteroatoms. The van der Waals surface area contributed by atoms with E-state index in [1.54, 1.807) is 6.20 Å². The zero-order chi connectivity index (χ0) is 22.1. The standard InChI is InChI=1S/C25H28N4O3.ClH/c1-3-18-6-4-5-11-29(18)25(30)20-15-26-24-19(9-7-16(2)27-24)23(20)28-17-8-10-21-22(14-17)32-13-12-31-21;/h7-10,14-15,18H,3-6,11-13H2,1-2H3,(H,26,27,28);1H. The van der Waals surface area contributed by atoms with Crippen LogP contribution in [0.25, 0.3) is 11.0 Å². The van der Waals surface area contributed by atoms with Crippen LogP contribution in [0.15, 0.2) is 36.5 Å². The first-order chi connectivity index (χ1) is 15.6. The monoisotopic (exact) mass is 468 g/mol. The van der Waals surface area contributed by atoms with Crippen LogP contribution in [0.4, 0.5) is 11.4 Å². The van der Waals surface area contributed by atoms with Crippen LogP contribution >= 0.6 is 12.4 Å². The number of anilines is 2. The fourth-order valence-electron chi connectivity index (χ4n) is 4.58. The molecule has 7 nitrogen and oxygen atoms in total. The Kier molecular flexibility index (Phi) is 6.88. The van der Waals surface area contributed by atoms with Crippen LogP contribution in [0.2, 0.25) is 0 Å². The predicted octanol–water partition coefficient (Wildman–Crippen LogP) is 5.28. The number of nitrogens with zero attached hydrogens (tertiary/aromatic N) is 3. The molecular formula is C25H29ClN4O3. The lowest BCUT2D eigenvalue weighted by atomic mass is 9.98. The first-order valence-corrected chi connectivity index (χ1v) is 11.4. The van der Waals surface area contributed by atoms with Crippen LogP contribution in [0, 0.1) is 6.92 Å². The summed E-state index contributed by atoms with van der Waals surface area (Å²) in [6.45, 7) is 5.94. The molecule has 2 aromatic heterocycles. The normalized spacial score (nSPS) is 17.4. The quantitative estimate of drug-likeness (QED) is 0.561. The summed E-state index contributed by atoms with van der Waals surface area (Å²) in [7, 11) is 0. The number of aryl methyl sites for hydroxylation is 1. The number of halogens is 1. The molecule has 2 aliphatic heterocycles. The molecule has 33 heavy (non-hydrogen) atoms. The molecule has 4 heterocycles. The van der Waals surface area contributed by atoms with Gasteiger partial charge in [-0.3, -0.25) is 4.79 Å². The van der Waals surface area contributed by atoms with E-state index in [0.717, 1.165) is 54.0 Å². The van der Waals surface area contributed by atoms with E-state index in [1.807, 2.05) is 42.2 Å². The number of fused-ring (bicyclic) bond motifs is 2. The molecule has 0 bridgehead atoms. The number of carbonyl (C=O) groups excluding carboxylic acids is 1. The van der Waals surface area contributed by atoms with Gasteiger partial charge in [0.25, 0.3) is 5.91 Å². The summed E-state index contributed by atoms with van der Waals surface area (Å²) < 4.78 is 11.4. The van der Waals surface area contributed by atoms with E-state index in [9.17, 15) is 4.79 Å². The maximum absolute atomic E-state index is 13.7. The van der Waals surface area contributed by atoms with Crippen molar-refractivity contribution in [2.45, 2.75) is 45.6 Å². The number of carbonyl (C=O) groups is 1. The van der Waals surface area contributed by atoms with Gasteiger partial charge in [0.1, 0.15) is 13.2 Å². The highest BCUT2D eigenvalue weighted by Crippen LogP contribution is 2.36. The van der Waals surface area contributed by atoms with Crippen LogP contribution in [0.3, 0.4) is 0 Å². The number of pyridine rings is 2. The van der Waals surface area contributed by atoms with E-state index in [4.69, 9.17) is 9.47 Å². The van der Waals surface area contributed by atoms with E-state index in [2.05, 4.69) is 22.2 Å². The van der Waals surface area contributed by atoms with Gasteiger partial charge >= 0.3 is 0 Å². The number of hydrogen-bond donors (Lipinski definition) is 1. The lowest BCUT2D eigenvalue weighted by Crippen LogP contribution is -2.43. The van der Waals surface area contributed by atoms with Gasteiger partial charge < -0.3 is 19.7 Å². The second-order valence-electron chi connectivity index (χ2n) is 8.41. The molecule has 5 rings (SSSR count). The first kappa shape index (κ1) is 23.1. The first-order valence-electron chi connectivity index (χ1n) is 11.4. The van der Waals surface area contributed by atoms with Crippen molar-refractivity contribution >= 4 is 40.7 Å². The molecular weight excluding hydrogens is 440 g/mol. The molecule has 2 aliphatic rings. The Morgan fingerprint density at radius 3 is 2.79 bits per heavy atom. The predicted molar refractivity (Wildman–Crippen MR) is 131 cm³/mol. The van der Waals surface area contributed by atoms with Gasteiger partial charge in [0.2, 0.25) is 0 Å². The van der Waals surface area contributed by atoms with Gasteiger partial charge in [-0.25, -0.2) is 9.97 Å². The zero-order valence-corrected chi connectivity index (χ0v) is 19.8. The van der Waals surface area contributed by atoms with Crippen LogP contribution < -0.4 is 14.8 Å². The highest BCUT2D eigenvalue weighted by Gasteiger charge is 2.29. The number of aromatic nitrogens is 2. The van der Waals surface area contributed by atoms with Crippen molar-refractivity contribution in [3.05, 3.63) is 47.8 Å². The summed E-state index contributed by atoms with van der Waals surface area (Å²) in [5, 5.41) is 4.30. The van der Waals surface area contributed by atoms with Crippen molar-refractivity contribution < 1.29 is 14.3 Å². The van der Waals surface area contributed by atoms with Gasteiger partial charge in [0.15, 0.2) is 17.1 Å². The number of benzene rings is 1. The summed E-state index contributed by atoms with van der Waals surface area (Å²) >= 11 is 0. The van der Waals surface area contributed by atoms with Crippen molar-refractivity contribution in [2.75, 3.05) is 25.1 Å². The van der Waals surface area contributed by atoms with Crippen molar-refractivity contribution in [1.29, 1.82) is 0 Å². The molecule has 1 unspecified atom stereocenters. The fraction of sp³-hybridized carbons (Fsp3) is 0.400. The summed E-state index contributed by atoms with van der Waals surface area (Å²) in [6, 6.07) is 9.93.